The topological polar surface area (TPSA) is 68.0 Å². The Balaban J connectivity index is 2.51. The highest BCUT2D eigenvalue weighted by molar-refractivity contribution is 5.96. The quantitative estimate of drug-likeness (QED) is 0.645. The molecule has 1 aromatic heterocycles. The van der Waals surface area contributed by atoms with E-state index < -0.39 is 23.7 Å². The van der Waals surface area contributed by atoms with Crippen LogP contribution >= 0.6 is 0 Å². The normalized spacial score (nSPS) is 24.6. The van der Waals surface area contributed by atoms with Crippen molar-refractivity contribution in [2.75, 3.05) is 5.32 Å². The van der Waals surface area contributed by atoms with Crippen molar-refractivity contribution in [3.8, 4) is 0 Å². The summed E-state index contributed by atoms with van der Waals surface area (Å²) in [5.41, 5.74) is 5.77. The van der Waals surface area contributed by atoms with Gasteiger partial charge in [0.25, 0.3) is 0 Å². The summed E-state index contributed by atoms with van der Waals surface area (Å²) < 4.78 is 26.3. The smallest absolute Gasteiger partial charge is 0.241 e. The van der Waals surface area contributed by atoms with Crippen LogP contribution in [0.2, 0.25) is 0 Å². The molecule has 1 aliphatic heterocycles. The van der Waals surface area contributed by atoms with E-state index in [1.54, 1.807) is 6.92 Å². The fourth-order valence-corrected chi connectivity index (χ4v) is 1.71. The third-order valence-corrected chi connectivity index (χ3v) is 2.69. The molecule has 0 radical (unpaired) electrons. The minimum Gasteiger partial charge on any atom is -0.321 e. The van der Waals surface area contributed by atoms with Crippen LogP contribution in [0.1, 0.15) is 12.6 Å². The van der Waals surface area contributed by atoms with Crippen LogP contribution < -0.4 is 11.1 Å². The Morgan fingerprint density at radius 1 is 1.56 bits per heavy atom. The standard InChI is InChI=1S/C10H11F2N3O/c1-4-2-6-9(15-10(16)8(4)13)5(11)3-7(12)14-6/h3-4,8H,2,13H2,1H3,(H,15,16)/t4-,8-/m1/s1. The molecule has 4 nitrogen and oxygen atoms in total. The molecule has 1 amide bonds. The Labute approximate surface area is 90.9 Å². The number of carbonyl (C=O) groups is 1. The number of halogens is 2. The zero-order valence-electron chi connectivity index (χ0n) is 8.63. The Hall–Kier alpha value is -1.56. The monoisotopic (exact) mass is 227 g/mol. The number of aromatic nitrogens is 1. The second kappa shape index (κ2) is 3.79. The van der Waals surface area contributed by atoms with Gasteiger partial charge in [-0.1, -0.05) is 6.92 Å². The molecule has 86 valence electrons. The number of hydrogen-bond acceptors (Lipinski definition) is 3. The van der Waals surface area contributed by atoms with Crippen LogP contribution in [0.4, 0.5) is 14.5 Å². The Kier molecular flexibility index (Phi) is 2.59. The molecular weight excluding hydrogens is 216 g/mol. The SMILES string of the molecule is C[C@@H]1Cc2nc(F)cc(F)c2NC(=O)[C@@H]1N. The van der Waals surface area contributed by atoms with Crippen LogP contribution in [-0.4, -0.2) is 16.9 Å². The third kappa shape index (κ3) is 1.76. The van der Waals surface area contributed by atoms with Crippen LogP contribution in [-0.2, 0) is 11.2 Å². The lowest BCUT2D eigenvalue weighted by Gasteiger charge is -2.13. The molecule has 0 spiro atoms. The molecule has 0 aliphatic carbocycles. The van der Waals surface area contributed by atoms with E-state index in [2.05, 4.69) is 10.3 Å². The lowest BCUT2D eigenvalue weighted by atomic mass is 9.98. The molecule has 0 saturated carbocycles. The van der Waals surface area contributed by atoms with Crippen molar-refractivity contribution in [2.45, 2.75) is 19.4 Å². The number of hydrogen-bond donors (Lipinski definition) is 2. The van der Waals surface area contributed by atoms with Crippen molar-refractivity contribution in [1.82, 2.24) is 4.98 Å². The molecule has 2 rings (SSSR count). The predicted molar refractivity (Wildman–Crippen MR) is 53.6 cm³/mol. The Morgan fingerprint density at radius 2 is 2.25 bits per heavy atom. The van der Waals surface area contributed by atoms with Gasteiger partial charge in [0.05, 0.1) is 17.4 Å². The molecule has 1 aliphatic rings. The minimum atomic E-state index is -0.895. The Morgan fingerprint density at radius 3 is 2.94 bits per heavy atom. The number of nitrogens with two attached hydrogens (primary N) is 1. The fourth-order valence-electron chi connectivity index (χ4n) is 1.71. The average molecular weight is 227 g/mol. The van der Waals surface area contributed by atoms with E-state index in [1.165, 1.54) is 0 Å². The van der Waals surface area contributed by atoms with E-state index in [9.17, 15) is 13.6 Å². The van der Waals surface area contributed by atoms with Crippen LogP contribution in [0.15, 0.2) is 6.07 Å². The highest BCUT2D eigenvalue weighted by Crippen LogP contribution is 2.26. The lowest BCUT2D eigenvalue weighted by molar-refractivity contribution is -0.118. The highest BCUT2D eigenvalue weighted by Gasteiger charge is 2.29. The van der Waals surface area contributed by atoms with Gasteiger partial charge < -0.3 is 11.1 Å². The van der Waals surface area contributed by atoms with E-state index in [0.29, 0.717) is 6.07 Å². The molecule has 1 aromatic rings. The number of carbonyl (C=O) groups excluding carboxylic acids is 1. The summed E-state index contributed by atoms with van der Waals surface area (Å²) in [6.07, 6.45) is 0.268. The lowest BCUT2D eigenvalue weighted by Crippen LogP contribution is -2.39. The first-order valence-corrected chi connectivity index (χ1v) is 4.90. The number of nitrogens with zero attached hydrogens (tertiary/aromatic N) is 1. The van der Waals surface area contributed by atoms with Gasteiger partial charge in [-0.05, 0) is 12.3 Å². The second-order valence-electron chi connectivity index (χ2n) is 3.94. The number of amides is 1. The predicted octanol–water partition coefficient (Wildman–Crippen LogP) is 0.818. The summed E-state index contributed by atoms with van der Waals surface area (Å²) >= 11 is 0. The van der Waals surface area contributed by atoms with Gasteiger partial charge in [-0.25, -0.2) is 9.37 Å². The van der Waals surface area contributed by atoms with Gasteiger partial charge in [0, 0.05) is 6.07 Å². The van der Waals surface area contributed by atoms with Gasteiger partial charge in [0.1, 0.15) is 0 Å². The van der Waals surface area contributed by atoms with Gasteiger partial charge in [-0.2, -0.15) is 4.39 Å². The van der Waals surface area contributed by atoms with Gasteiger partial charge in [0.15, 0.2) is 5.82 Å². The van der Waals surface area contributed by atoms with Crippen molar-refractivity contribution < 1.29 is 13.6 Å². The summed E-state index contributed by atoms with van der Waals surface area (Å²) in [4.78, 5) is 15.1. The molecule has 0 saturated heterocycles. The maximum Gasteiger partial charge on any atom is 0.241 e. The summed E-state index contributed by atoms with van der Waals surface area (Å²) in [6, 6.07) is -0.0997. The maximum atomic E-state index is 13.4. The summed E-state index contributed by atoms with van der Waals surface area (Å²) in [6.45, 7) is 1.74. The molecule has 3 N–H and O–H groups in total. The largest absolute Gasteiger partial charge is 0.321 e. The second-order valence-corrected chi connectivity index (χ2v) is 3.94. The maximum absolute atomic E-state index is 13.4. The number of rotatable bonds is 0. The highest BCUT2D eigenvalue weighted by atomic mass is 19.1. The minimum absolute atomic E-state index is 0.0637. The molecule has 16 heavy (non-hydrogen) atoms. The average Bonchev–Trinajstić information content (AvgIpc) is 2.29. The van der Waals surface area contributed by atoms with Crippen molar-refractivity contribution in [3.63, 3.8) is 0 Å². The van der Waals surface area contributed by atoms with Crippen LogP contribution in [0.25, 0.3) is 0 Å². The molecule has 2 atom stereocenters. The zero-order valence-corrected chi connectivity index (χ0v) is 8.63. The van der Waals surface area contributed by atoms with E-state index in [4.69, 9.17) is 5.73 Å². The first-order chi connectivity index (χ1) is 7.49. The van der Waals surface area contributed by atoms with E-state index in [1.807, 2.05) is 0 Å². The summed E-state index contributed by atoms with van der Waals surface area (Å²) in [5.74, 6) is -2.40. The van der Waals surface area contributed by atoms with Gasteiger partial charge in [-0.15, -0.1) is 0 Å². The van der Waals surface area contributed by atoms with E-state index in [-0.39, 0.29) is 23.7 Å². The first-order valence-electron chi connectivity index (χ1n) is 4.90. The number of nitrogens with one attached hydrogen (secondary N) is 1. The van der Waals surface area contributed by atoms with Crippen molar-refractivity contribution in [2.24, 2.45) is 11.7 Å². The molecule has 0 unspecified atom stereocenters. The first kappa shape index (κ1) is 10.9. The fraction of sp³-hybridized carbons (Fsp3) is 0.400. The van der Waals surface area contributed by atoms with Gasteiger partial charge in [-0.3, -0.25) is 4.79 Å². The van der Waals surface area contributed by atoms with Crippen LogP contribution in [0.5, 0.6) is 0 Å². The van der Waals surface area contributed by atoms with Crippen molar-refractivity contribution in [1.29, 1.82) is 0 Å². The molecule has 0 aromatic carbocycles. The molecule has 2 heterocycles. The number of fused-ring (bicyclic) bond motifs is 1. The Bertz CT molecular complexity index is 450. The number of anilines is 1. The molecule has 0 bridgehead atoms. The summed E-state index contributed by atoms with van der Waals surface area (Å²) in [5, 5.41) is 2.33. The van der Waals surface area contributed by atoms with E-state index >= 15 is 0 Å². The van der Waals surface area contributed by atoms with Crippen molar-refractivity contribution in [3.05, 3.63) is 23.5 Å². The summed E-state index contributed by atoms with van der Waals surface area (Å²) in [7, 11) is 0. The van der Waals surface area contributed by atoms with Crippen molar-refractivity contribution >= 4 is 11.6 Å². The number of pyridine rings is 1. The van der Waals surface area contributed by atoms with Gasteiger partial charge in [0.2, 0.25) is 11.9 Å². The third-order valence-electron chi connectivity index (χ3n) is 2.69. The molecular formula is C10H11F2N3O. The van der Waals surface area contributed by atoms with Crippen LogP contribution in [0, 0.1) is 17.7 Å². The van der Waals surface area contributed by atoms with Crippen LogP contribution in [0.3, 0.4) is 0 Å². The zero-order chi connectivity index (χ0) is 11.9. The molecule has 0 fully saturated rings. The van der Waals surface area contributed by atoms with Gasteiger partial charge >= 0.3 is 0 Å². The molecule has 6 heteroatoms. The van der Waals surface area contributed by atoms with E-state index in [0.717, 1.165) is 0 Å².